The average Bonchev–Trinajstić information content (AvgIpc) is 2.75. The lowest BCUT2D eigenvalue weighted by atomic mass is 10.2. The van der Waals surface area contributed by atoms with Gasteiger partial charge in [-0.25, -0.2) is 0 Å². The first-order valence-corrected chi connectivity index (χ1v) is 6.60. The second-order valence-electron chi connectivity index (χ2n) is 4.33. The monoisotopic (exact) mass is 255 g/mol. The van der Waals surface area contributed by atoms with Crippen LogP contribution in [0.4, 0.5) is 0 Å². The summed E-state index contributed by atoms with van der Waals surface area (Å²) in [7, 11) is 0. The van der Waals surface area contributed by atoms with Crippen LogP contribution in [0.25, 0.3) is 5.65 Å². The Morgan fingerprint density at radius 2 is 1.61 bits per heavy atom. The molecule has 3 rings (SSSR count). The van der Waals surface area contributed by atoms with Crippen LogP contribution in [0.5, 0.6) is 0 Å². The predicted octanol–water partition coefficient (Wildman–Crippen LogP) is 3.50. The SMILES string of the molecule is Cc1ccc(Sc2nnc3ccc(C)cn23)cc1. The summed E-state index contributed by atoms with van der Waals surface area (Å²) in [6.45, 7) is 4.16. The highest BCUT2D eigenvalue weighted by atomic mass is 32.2. The highest BCUT2D eigenvalue weighted by molar-refractivity contribution is 7.99. The molecule has 0 unspecified atom stereocenters. The number of fused-ring (bicyclic) bond motifs is 1. The lowest BCUT2D eigenvalue weighted by Gasteiger charge is -2.01. The van der Waals surface area contributed by atoms with Crippen LogP contribution >= 0.6 is 11.8 Å². The Morgan fingerprint density at radius 1 is 0.889 bits per heavy atom. The molecular formula is C14H13N3S. The summed E-state index contributed by atoms with van der Waals surface area (Å²) in [4.78, 5) is 1.18. The Morgan fingerprint density at radius 3 is 2.39 bits per heavy atom. The third kappa shape index (κ3) is 2.11. The molecule has 0 aliphatic heterocycles. The average molecular weight is 255 g/mol. The number of aromatic nitrogens is 3. The second-order valence-corrected chi connectivity index (χ2v) is 5.37. The van der Waals surface area contributed by atoms with Gasteiger partial charge in [-0.2, -0.15) is 0 Å². The molecule has 0 spiro atoms. The van der Waals surface area contributed by atoms with Gasteiger partial charge in [-0.3, -0.25) is 4.40 Å². The molecule has 0 saturated heterocycles. The van der Waals surface area contributed by atoms with Crippen LogP contribution in [0.2, 0.25) is 0 Å². The fourth-order valence-corrected chi connectivity index (χ4v) is 2.57. The summed E-state index contributed by atoms with van der Waals surface area (Å²) in [6.07, 6.45) is 2.06. The lowest BCUT2D eigenvalue weighted by molar-refractivity contribution is 0.917. The molecule has 1 aromatic carbocycles. The van der Waals surface area contributed by atoms with Gasteiger partial charge < -0.3 is 0 Å². The van der Waals surface area contributed by atoms with E-state index in [0.717, 1.165) is 10.8 Å². The minimum Gasteiger partial charge on any atom is -0.277 e. The van der Waals surface area contributed by atoms with E-state index in [0.29, 0.717) is 0 Å². The molecule has 3 aromatic rings. The summed E-state index contributed by atoms with van der Waals surface area (Å²) < 4.78 is 2.03. The predicted molar refractivity (Wildman–Crippen MR) is 73.0 cm³/mol. The molecule has 0 aliphatic carbocycles. The van der Waals surface area contributed by atoms with Gasteiger partial charge in [-0.1, -0.05) is 23.8 Å². The quantitative estimate of drug-likeness (QED) is 0.702. The maximum Gasteiger partial charge on any atom is 0.200 e. The van der Waals surface area contributed by atoms with E-state index in [4.69, 9.17) is 0 Å². The van der Waals surface area contributed by atoms with Crippen LogP contribution in [-0.2, 0) is 0 Å². The van der Waals surface area contributed by atoms with Crippen LogP contribution in [-0.4, -0.2) is 14.6 Å². The molecule has 0 saturated carbocycles. The highest BCUT2D eigenvalue weighted by Crippen LogP contribution is 2.26. The zero-order valence-corrected chi connectivity index (χ0v) is 11.1. The van der Waals surface area contributed by atoms with Gasteiger partial charge in [0.25, 0.3) is 0 Å². The van der Waals surface area contributed by atoms with E-state index in [9.17, 15) is 0 Å². The van der Waals surface area contributed by atoms with Crippen molar-refractivity contribution in [3.8, 4) is 0 Å². The topological polar surface area (TPSA) is 30.2 Å². The fraction of sp³-hybridized carbons (Fsp3) is 0.143. The third-order valence-corrected chi connectivity index (χ3v) is 3.72. The highest BCUT2D eigenvalue weighted by Gasteiger charge is 2.06. The van der Waals surface area contributed by atoms with Crippen LogP contribution < -0.4 is 0 Å². The minimum atomic E-state index is 0.884. The Hall–Kier alpha value is -1.81. The number of hydrogen-bond donors (Lipinski definition) is 0. The molecule has 0 bridgehead atoms. The fourth-order valence-electron chi connectivity index (χ4n) is 1.76. The minimum absolute atomic E-state index is 0.884. The first kappa shape index (κ1) is 11.3. The molecule has 90 valence electrons. The summed E-state index contributed by atoms with van der Waals surface area (Å²) in [5, 5.41) is 9.30. The Labute approximate surface area is 110 Å². The van der Waals surface area contributed by atoms with Gasteiger partial charge in [0.05, 0.1) is 0 Å². The van der Waals surface area contributed by atoms with Crippen molar-refractivity contribution in [2.75, 3.05) is 0 Å². The molecule has 4 heteroatoms. The Bertz CT molecular complexity index is 686. The van der Waals surface area contributed by atoms with E-state index in [1.807, 2.05) is 16.5 Å². The van der Waals surface area contributed by atoms with Crippen molar-refractivity contribution in [1.82, 2.24) is 14.6 Å². The van der Waals surface area contributed by atoms with E-state index < -0.39 is 0 Å². The zero-order chi connectivity index (χ0) is 12.5. The van der Waals surface area contributed by atoms with E-state index in [2.05, 4.69) is 54.5 Å². The zero-order valence-electron chi connectivity index (χ0n) is 10.3. The molecule has 18 heavy (non-hydrogen) atoms. The summed E-state index contributed by atoms with van der Waals surface area (Å²) in [6, 6.07) is 12.5. The Balaban J connectivity index is 1.99. The van der Waals surface area contributed by atoms with Crippen LogP contribution in [0.3, 0.4) is 0 Å². The molecule has 0 radical (unpaired) electrons. The number of hydrogen-bond acceptors (Lipinski definition) is 3. The van der Waals surface area contributed by atoms with Crippen molar-refractivity contribution in [3.05, 3.63) is 53.7 Å². The number of nitrogens with zero attached hydrogens (tertiary/aromatic N) is 3. The number of pyridine rings is 1. The van der Waals surface area contributed by atoms with Crippen LogP contribution in [0, 0.1) is 13.8 Å². The van der Waals surface area contributed by atoms with Gasteiger partial charge in [-0.15, -0.1) is 10.2 Å². The van der Waals surface area contributed by atoms with Gasteiger partial charge in [0, 0.05) is 11.1 Å². The summed E-state index contributed by atoms with van der Waals surface area (Å²) in [5.74, 6) is 0. The van der Waals surface area contributed by atoms with Crippen molar-refractivity contribution in [3.63, 3.8) is 0 Å². The van der Waals surface area contributed by atoms with E-state index in [1.165, 1.54) is 16.0 Å². The number of rotatable bonds is 2. The van der Waals surface area contributed by atoms with Crippen molar-refractivity contribution >= 4 is 17.4 Å². The first-order valence-electron chi connectivity index (χ1n) is 5.78. The summed E-state index contributed by atoms with van der Waals surface area (Å²) >= 11 is 1.63. The van der Waals surface area contributed by atoms with Gasteiger partial charge in [-0.05, 0) is 49.4 Å². The second kappa shape index (κ2) is 4.46. The lowest BCUT2D eigenvalue weighted by Crippen LogP contribution is -1.88. The van der Waals surface area contributed by atoms with Gasteiger partial charge in [0.1, 0.15) is 0 Å². The van der Waals surface area contributed by atoms with Gasteiger partial charge in [0.2, 0.25) is 0 Å². The van der Waals surface area contributed by atoms with Crippen molar-refractivity contribution in [2.45, 2.75) is 23.9 Å². The molecule has 0 aliphatic rings. The first-order chi connectivity index (χ1) is 8.72. The standard InChI is InChI=1S/C14H13N3S/c1-10-3-6-12(7-4-10)18-14-16-15-13-8-5-11(2)9-17(13)14/h3-9H,1-2H3. The molecule has 3 nitrogen and oxygen atoms in total. The number of benzene rings is 1. The maximum atomic E-state index is 4.23. The maximum absolute atomic E-state index is 4.23. The van der Waals surface area contributed by atoms with Crippen LogP contribution in [0.1, 0.15) is 11.1 Å². The largest absolute Gasteiger partial charge is 0.277 e. The molecule has 0 N–H and O–H groups in total. The van der Waals surface area contributed by atoms with Crippen molar-refractivity contribution < 1.29 is 0 Å². The molecule has 2 heterocycles. The normalized spacial score (nSPS) is 11.0. The van der Waals surface area contributed by atoms with Crippen LogP contribution in [0.15, 0.2) is 52.6 Å². The van der Waals surface area contributed by atoms with Gasteiger partial charge >= 0.3 is 0 Å². The van der Waals surface area contributed by atoms with E-state index >= 15 is 0 Å². The van der Waals surface area contributed by atoms with E-state index in [1.54, 1.807) is 11.8 Å². The molecule has 0 atom stereocenters. The van der Waals surface area contributed by atoms with Crippen molar-refractivity contribution in [2.24, 2.45) is 0 Å². The summed E-state index contributed by atoms with van der Waals surface area (Å²) in [5.41, 5.74) is 3.35. The Kier molecular flexibility index (Phi) is 2.80. The van der Waals surface area contributed by atoms with Crippen molar-refractivity contribution in [1.29, 1.82) is 0 Å². The molecular weight excluding hydrogens is 242 g/mol. The molecule has 0 amide bonds. The van der Waals surface area contributed by atoms with E-state index in [-0.39, 0.29) is 0 Å². The smallest absolute Gasteiger partial charge is 0.200 e. The van der Waals surface area contributed by atoms with Gasteiger partial charge in [0.15, 0.2) is 10.8 Å². The third-order valence-electron chi connectivity index (χ3n) is 2.75. The molecule has 0 fully saturated rings. The number of aryl methyl sites for hydroxylation is 2. The molecule has 2 aromatic heterocycles.